The van der Waals surface area contributed by atoms with E-state index in [2.05, 4.69) is 130 Å². The third-order valence-electron chi connectivity index (χ3n) is 12.9. The number of phosphoric acid groups is 1. The number of ether oxygens (including phenoxy) is 3. The van der Waals surface area contributed by atoms with Crippen molar-refractivity contribution < 1.29 is 52.2 Å². The maximum atomic E-state index is 12.9. The van der Waals surface area contributed by atoms with E-state index in [4.69, 9.17) is 23.3 Å². The summed E-state index contributed by atoms with van der Waals surface area (Å²) in [6.45, 7) is 4.32. The highest BCUT2D eigenvalue weighted by molar-refractivity contribution is 7.47. The molecule has 0 saturated carbocycles. The number of aliphatic hydroxyl groups is 1. The third-order valence-corrected chi connectivity index (χ3v) is 13.8. The predicted molar refractivity (Wildman–Crippen MR) is 334 cm³/mol. The van der Waals surface area contributed by atoms with Gasteiger partial charge < -0.3 is 24.2 Å². The number of aliphatic hydroxyl groups excluding tert-OH is 1. The average Bonchev–Trinajstić information content (AvgIpc) is 3.45. The molecule has 0 amide bonds. The Morgan fingerprint density at radius 1 is 0.362 bits per heavy atom. The molecule has 3 atom stereocenters. The molecule has 0 aliphatic rings. The van der Waals surface area contributed by atoms with Crippen molar-refractivity contribution in [2.24, 2.45) is 0 Å². The van der Waals surface area contributed by atoms with Crippen LogP contribution in [0.3, 0.4) is 0 Å². The summed E-state index contributed by atoms with van der Waals surface area (Å²) in [7, 11) is -4.79. The number of carbonyl (C=O) groups excluding carboxylic acids is 3. The van der Waals surface area contributed by atoms with E-state index in [9.17, 15) is 28.9 Å². The van der Waals surface area contributed by atoms with Crippen molar-refractivity contribution in [1.82, 2.24) is 0 Å². The molecule has 456 valence electrons. The van der Waals surface area contributed by atoms with E-state index in [1.165, 1.54) is 83.5 Å². The Morgan fingerprint density at radius 3 is 1.07 bits per heavy atom. The van der Waals surface area contributed by atoms with Crippen LogP contribution < -0.4 is 0 Å². The quantitative estimate of drug-likeness (QED) is 0.0197. The van der Waals surface area contributed by atoms with E-state index in [0.29, 0.717) is 25.7 Å². The Labute approximate surface area is 487 Å². The molecule has 0 fully saturated rings. The maximum Gasteiger partial charge on any atom is 0.472 e. The highest BCUT2D eigenvalue weighted by Crippen LogP contribution is 2.43. The molecule has 0 bridgehead atoms. The first-order valence-electron chi connectivity index (χ1n) is 31.4. The number of hydrogen-bond acceptors (Lipinski definition) is 10. The van der Waals surface area contributed by atoms with Gasteiger partial charge in [0.1, 0.15) is 12.7 Å². The summed E-state index contributed by atoms with van der Waals surface area (Å²) >= 11 is 0. The number of unbranched alkanes of at least 4 members (excludes halogenated alkanes) is 20. The van der Waals surface area contributed by atoms with Gasteiger partial charge in [0.25, 0.3) is 0 Å². The molecule has 11 nitrogen and oxygen atoms in total. The molecule has 0 saturated heterocycles. The smallest absolute Gasteiger partial charge is 0.462 e. The standard InChI is InChI=1S/C68H113O11P/c1-4-7-10-13-16-19-22-25-28-31-32-35-38-41-44-47-50-53-56-59-68(72)79-65(61-75-66(70)57-54-51-48-45-42-39-36-33-29-26-23-20-17-14-11-8-5-2)63-77-80(73,74)76-62-64(60-69)78-67(71)58-55-52-49-46-43-40-37-34-30-27-24-21-18-15-12-9-6-3/h7,9-10,12,16,18-19,21,25,27-28,30,32,35,37,40-41,44,50,53,64-65,69H,4-6,8,11,13-15,17,20,22-24,26,29,31,33-34,36,38-39,42-43,45-49,51-52,54-63H2,1-3H3,(H,73,74)/b10-7-,12-9-,19-16-,21-18-,28-25-,30-27-,35-32-,40-37-,44-41-,53-50-. The zero-order valence-corrected chi connectivity index (χ0v) is 51.4. The highest BCUT2D eigenvalue weighted by atomic mass is 31.2. The molecule has 0 aliphatic carbocycles. The van der Waals surface area contributed by atoms with Gasteiger partial charge in [-0.2, -0.15) is 0 Å². The van der Waals surface area contributed by atoms with E-state index in [0.717, 1.165) is 103 Å². The van der Waals surface area contributed by atoms with Crippen LogP contribution in [0.15, 0.2) is 122 Å². The molecule has 3 unspecified atom stereocenters. The van der Waals surface area contributed by atoms with Crippen molar-refractivity contribution in [3.8, 4) is 0 Å². The monoisotopic (exact) mass is 1140 g/mol. The van der Waals surface area contributed by atoms with Crippen molar-refractivity contribution >= 4 is 25.7 Å². The third kappa shape index (κ3) is 58.5. The van der Waals surface area contributed by atoms with Gasteiger partial charge in [0.2, 0.25) is 0 Å². The first-order chi connectivity index (χ1) is 39.2. The van der Waals surface area contributed by atoms with Crippen LogP contribution in [0, 0.1) is 0 Å². The largest absolute Gasteiger partial charge is 0.472 e. The van der Waals surface area contributed by atoms with E-state index >= 15 is 0 Å². The van der Waals surface area contributed by atoms with Crippen LogP contribution in [0.25, 0.3) is 0 Å². The van der Waals surface area contributed by atoms with Gasteiger partial charge in [-0.1, -0.05) is 258 Å². The molecule has 12 heteroatoms. The number of esters is 3. The SMILES string of the molecule is CC/C=C\C/C=C\C/C=C\C/C=C\C/C=C\C/C=C\CCC(=O)OC(COC(=O)CCCCCCCCCCCCCCCCCCC)COP(=O)(O)OCC(CO)OC(=O)CCCCCC/C=C\C/C=C\C/C=C\C/C=C\CC. The summed E-state index contributed by atoms with van der Waals surface area (Å²) in [5.74, 6) is -1.59. The van der Waals surface area contributed by atoms with Gasteiger partial charge in [0, 0.05) is 19.3 Å². The lowest BCUT2D eigenvalue weighted by Gasteiger charge is -2.21. The molecule has 80 heavy (non-hydrogen) atoms. The van der Waals surface area contributed by atoms with Crippen molar-refractivity contribution in [2.45, 2.75) is 264 Å². The second-order valence-corrected chi connectivity index (χ2v) is 21.9. The van der Waals surface area contributed by atoms with Crippen LogP contribution in [-0.2, 0) is 42.2 Å². The van der Waals surface area contributed by atoms with Gasteiger partial charge in [0.15, 0.2) is 6.10 Å². The minimum absolute atomic E-state index is 0.0364. The minimum Gasteiger partial charge on any atom is -0.462 e. The normalized spacial score (nSPS) is 14.1. The molecule has 0 radical (unpaired) electrons. The van der Waals surface area contributed by atoms with Crippen molar-refractivity contribution in [1.29, 1.82) is 0 Å². The molecular weight excluding hydrogens is 1020 g/mol. The van der Waals surface area contributed by atoms with E-state index in [-0.39, 0.29) is 25.9 Å². The number of allylic oxidation sites excluding steroid dienone is 20. The number of hydrogen-bond donors (Lipinski definition) is 2. The van der Waals surface area contributed by atoms with Crippen LogP contribution in [0.2, 0.25) is 0 Å². The Kier molecular flexibility index (Phi) is 57.8. The molecular formula is C68H113O11P. The summed E-state index contributed by atoms with van der Waals surface area (Å²) in [5, 5.41) is 9.84. The Hall–Kier alpha value is -4.12. The van der Waals surface area contributed by atoms with Gasteiger partial charge >= 0.3 is 25.7 Å². The Morgan fingerprint density at radius 2 is 0.675 bits per heavy atom. The van der Waals surface area contributed by atoms with Gasteiger partial charge in [0.05, 0.1) is 19.8 Å². The first-order valence-corrected chi connectivity index (χ1v) is 32.9. The maximum absolute atomic E-state index is 12.9. The fraction of sp³-hybridized carbons (Fsp3) is 0.662. The fourth-order valence-corrected chi connectivity index (χ4v) is 8.98. The van der Waals surface area contributed by atoms with E-state index < -0.39 is 57.8 Å². The van der Waals surface area contributed by atoms with Crippen molar-refractivity contribution in [3.05, 3.63) is 122 Å². The molecule has 0 aromatic heterocycles. The zero-order valence-electron chi connectivity index (χ0n) is 50.5. The lowest BCUT2D eigenvalue weighted by atomic mass is 10.0. The Bertz CT molecular complexity index is 1800. The number of carbonyl (C=O) groups is 3. The summed E-state index contributed by atoms with van der Waals surface area (Å²) < 4.78 is 39.5. The number of phosphoric ester groups is 1. The van der Waals surface area contributed by atoms with Gasteiger partial charge in [-0.15, -0.1) is 0 Å². The molecule has 0 aromatic carbocycles. The predicted octanol–water partition coefficient (Wildman–Crippen LogP) is 19.1. The average molecular weight is 1140 g/mol. The summed E-state index contributed by atoms with van der Waals surface area (Å²) in [6, 6.07) is 0. The molecule has 0 aliphatic heterocycles. The van der Waals surface area contributed by atoms with Crippen LogP contribution >= 0.6 is 7.82 Å². The molecule has 2 N–H and O–H groups in total. The zero-order chi connectivity index (χ0) is 58.3. The molecule has 0 spiro atoms. The van der Waals surface area contributed by atoms with E-state index in [1.807, 2.05) is 12.2 Å². The number of rotatable bonds is 57. The second kappa shape index (κ2) is 61.0. The summed E-state index contributed by atoms with van der Waals surface area (Å²) in [6.07, 6.45) is 76.0. The van der Waals surface area contributed by atoms with E-state index in [1.54, 1.807) is 0 Å². The van der Waals surface area contributed by atoms with Gasteiger partial charge in [-0.25, -0.2) is 4.57 Å². The molecule has 0 aromatic rings. The topological polar surface area (TPSA) is 155 Å². The minimum atomic E-state index is -4.79. The van der Waals surface area contributed by atoms with Gasteiger partial charge in [-0.3, -0.25) is 23.4 Å². The highest BCUT2D eigenvalue weighted by Gasteiger charge is 2.28. The fourth-order valence-electron chi connectivity index (χ4n) is 8.20. The Balaban J connectivity index is 4.84. The summed E-state index contributed by atoms with van der Waals surface area (Å²) in [5.41, 5.74) is 0. The lowest BCUT2D eigenvalue weighted by molar-refractivity contribution is -0.161. The first kappa shape index (κ1) is 75.9. The lowest BCUT2D eigenvalue weighted by Crippen LogP contribution is -2.30. The van der Waals surface area contributed by atoms with Crippen molar-refractivity contribution in [2.75, 3.05) is 26.4 Å². The van der Waals surface area contributed by atoms with Crippen LogP contribution in [0.5, 0.6) is 0 Å². The van der Waals surface area contributed by atoms with Crippen molar-refractivity contribution in [3.63, 3.8) is 0 Å². The van der Waals surface area contributed by atoms with Gasteiger partial charge in [-0.05, 0) is 96.3 Å². The second-order valence-electron chi connectivity index (χ2n) is 20.5. The van der Waals surface area contributed by atoms with Crippen LogP contribution in [0.4, 0.5) is 0 Å². The molecule has 0 rings (SSSR count). The van der Waals surface area contributed by atoms with Crippen LogP contribution in [0.1, 0.15) is 252 Å². The van der Waals surface area contributed by atoms with Crippen LogP contribution in [-0.4, -0.2) is 66.5 Å². The summed E-state index contributed by atoms with van der Waals surface area (Å²) in [4.78, 5) is 48.7. The molecule has 0 heterocycles.